The van der Waals surface area contributed by atoms with Gasteiger partial charge in [-0.3, -0.25) is 4.79 Å². The number of thioether (sulfide) groups is 1. The predicted octanol–water partition coefficient (Wildman–Crippen LogP) is 5.17. The Kier molecular flexibility index (Phi) is 8.18. The van der Waals surface area contributed by atoms with E-state index in [1.165, 1.54) is 11.8 Å². The maximum Gasteiger partial charge on any atom is 0.250 e. The van der Waals surface area contributed by atoms with Crippen molar-refractivity contribution in [2.24, 2.45) is 5.10 Å². The highest BCUT2D eigenvalue weighted by atomic mass is 35.5. The zero-order valence-corrected chi connectivity index (χ0v) is 18.0. The Morgan fingerprint density at radius 2 is 1.83 bits per heavy atom. The van der Waals surface area contributed by atoms with Crippen molar-refractivity contribution in [1.82, 2.24) is 5.43 Å². The van der Waals surface area contributed by atoms with E-state index in [4.69, 9.17) is 21.1 Å². The minimum absolute atomic E-state index is 0.194. The van der Waals surface area contributed by atoms with Gasteiger partial charge in [-0.1, -0.05) is 41.9 Å². The van der Waals surface area contributed by atoms with Gasteiger partial charge in [-0.15, -0.1) is 11.8 Å². The summed E-state index contributed by atoms with van der Waals surface area (Å²) in [7, 11) is 1.58. The second-order valence-corrected chi connectivity index (χ2v) is 7.71. The summed E-state index contributed by atoms with van der Waals surface area (Å²) in [6.07, 6.45) is 1.56. The van der Waals surface area contributed by atoms with E-state index in [2.05, 4.69) is 10.5 Å². The maximum atomic E-state index is 12.0. The van der Waals surface area contributed by atoms with Gasteiger partial charge in [-0.05, 0) is 53.6 Å². The highest BCUT2D eigenvalue weighted by molar-refractivity contribution is 8.00. The molecular formula is C23H21ClN2O3S. The highest BCUT2D eigenvalue weighted by Crippen LogP contribution is 2.28. The lowest BCUT2D eigenvalue weighted by Crippen LogP contribution is -2.19. The van der Waals surface area contributed by atoms with Gasteiger partial charge >= 0.3 is 0 Å². The van der Waals surface area contributed by atoms with Crippen LogP contribution in [-0.2, 0) is 11.4 Å². The van der Waals surface area contributed by atoms with Gasteiger partial charge in [0.1, 0.15) is 6.61 Å². The Labute approximate surface area is 185 Å². The summed E-state index contributed by atoms with van der Waals surface area (Å²) in [6, 6.07) is 22.7. The molecule has 0 fully saturated rings. The Morgan fingerprint density at radius 3 is 2.57 bits per heavy atom. The summed E-state index contributed by atoms with van der Waals surface area (Å²) >= 11 is 7.27. The molecule has 0 heterocycles. The quantitative estimate of drug-likeness (QED) is 0.283. The van der Waals surface area contributed by atoms with Gasteiger partial charge in [0.05, 0.1) is 19.1 Å². The van der Waals surface area contributed by atoms with E-state index >= 15 is 0 Å². The normalized spacial score (nSPS) is 10.7. The fourth-order valence-electron chi connectivity index (χ4n) is 2.51. The Balaban J connectivity index is 1.50. The number of nitrogens with zero attached hydrogens (tertiary/aromatic N) is 1. The molecule has 30 heavy (non-hydrogen) atoms. The average molecular weight is 441 g/mol. The van der Waals surface area contributed by atoms with Crippen molar-refractivity contribution < 1.29 is 14.3 Å². The number of rotatable bonds is 9. The van der Waals surface area contributed by atoms with Crippen molar-refractivity contribution in [2.75, 3.05) is 12.9 Å². The van der Waals surface area contributed by atoms with Crippen LogP contribution in [-0.4, -0.2) is 25.0 Å². The molecule has 0 aliphatic rings. The van der Waals surface area contributed by atoms with E-state index in [1.54, 1.807) is 31.5 Å². The van der Waals surface area contributed by atoms with Gasteiger partial charge < -0.3 is 9.47 Å². The number of carbonyl (C=O) groups excluding carboxylic acids is 1. The predicted molar refractivity (Wildman–Crippen MR) is 122 cm³/mol. The number of halogens is 1. The van der Waals surface area contributed by atoms with Crippen LogP contribution in [0.2, 0.25) is 5.02 Å². The van der Waals surface area contributed by atoms with Crippen molar-refractivity contribution in [3.63, 3.8) is 0 Å². The van der Waals surface area contributed by atoms with Crippen LogP contribution in [0, 0.1) is 0 Å². The fraction of sp³-hybridized carbons (Fsp3) is 0.130. The molecule has 0 atom stereocenters. The summed E-state index contributed by atoms with van der Waals surface area (Å²) in [6.45, 7) is 0.450. The Morgan fingerprint density at radius 1 is 1.07 bits per heavy atom. The largest absolute Gasteiger partial charge is 0.493 e. The fourth-order valence-corrected chi connectivity index (χ4v) is 3.33. The second-order valence-electron chi connectivity index (χ2n) is 6.22. The van der Waals surface area contributed by atoms with Gasteiger partial charge in [-0.2, -0.15) is 5.10 Å². The molecule has 0 saturated carbocycles. The Bertz CT molecular complexity index is 995. The maximum absolute atomic E-state index is 12.0. The van der Waals surface area contributed by atoms with E-state index in [1.807, 2.05) is 54.6 Å². The van der Waals surface area contributed by atoms with Crippen LogP contribution < -0.4 is 14.9 Å². The van der Waals surface area contributed by atoms with E-state index < -0.39 is 0 Å². The molecule has 0 saturated heterocycles. The molecule has 3 aromatic carbocycles. The smallest absolute Gasteiger partial charge is 0.250 e. The lowest BCUT2D eigenvalue weighted by molar-refractivity contribution is -0.118. The molecule has 0 aromatic heterocycles. The van der Waals surface area contributed by atoms with Crippen LogP contribution in [0.4, 0.5) is 0 Å². The molecule has 1 amide bonds. The first-order chi connectivity index (χ1) is 14.6. The number of ether oxygens (including phenoxy) is 2. The van der Waals surface area contributed by atoms with Gasteiger partial charge in [0, 0.05) is 9.92 Å². The molecule has 154 valence electrons. The second kappa shape index (κ2) is 11.3. The molecular weight excluding hydrogens is 420 g/mol. The van der Waals surface area contributed by atoms with Crippen molar-refractivity contribution in [3.05, 3.63) is 88.9 Å². The van der Waals surface area contributed by atoms with Crippen molar-refractivity contribution in [3.8, 4) is 11.5 Å². The van der Waals surface area contributed by atoms with Crippen LogP contribution in [0.5, 0.6) is 11.5 Å². The summed E-state index contributed by atoms with van der Waals surface area (Å²) in [5.74, 6) is 1.30. The summed E-state index contributed by atoms with van der Waals surface area (Å²) in [4.78, 5) is 12.9. The first kappa shape index (κ1) is 21.7. The number of benzene rings is 3. The zero-order valence-electron chi connectivity index (χ0n) is 16.4. The molecule has 0 spiro atoms. The van der Waals surface area contributed by atoms with Crippen molar-refractivity contribution in [2.45, 2.75) is 11.5 Å². The minimum atomic E-state index is -0.194. The molecule has 0 radical (unpaired) electrons. The third kappa shape index (κ3) is 6.83. The first-order valence-electron chi connectivity index (χ1n) is 9.19. The van der Waals surface area contributed by atoms with Crippen LogP contribution in [0.15, 0.2) is 82.8 Å². The molecule has 3 aromatic rings. The minimum Gasteiger partial charge on any atom is -0.493 e. The van der Waals surface area contributed by atoms with Gasteiger partial charge in [0.2, 0.25) is 5.91 Å². The van der Waals surface area contributed by atoms with Gasteiger partial charge in [0.15, 0.2) is 11.5 Å². The molecule has 5 nitrogen and oxygen atoms in total. The number of hydrogen-bond donors (Lipinski definition) is 1. The number of hydrazone groups is 1. The van der Waals surface area contributed by atoms with Crippen LogP contribution in [0.1, 0.15) is 11.1 Å². The molecule has 1 N–H and O–H groups in total. The third-order valence-electron chi connectivity index (χ3n) is 4.01. The summed E-state index contributed by atoms with van der Waals surface area (Å²) in [5, 5.41) is 4.68. The topological polar surface area (TPSA) is 59.9 Å². The third-order valence-corrected chi connectivity index (χ3v) is 5.28. The van der Waals surface area contributed by atoms with E-state index in [0.717, 1.165) is 16.0 Å². The average Bonchev–Trinajstić information content (AvgIpc) is 2.78. The van der Waals surface area contributed by atoms with Crippen molar-refractivity contribution in [1.29, 1.82) is 0 Å². The number of nitrogens with one attached hydrogen (secondary N) is 1. The SMILES string of the molecule is COc1cc(C=NNC(=O)CSc2ccc(Cl)cc2)ccc1OCc1ccccc1. The molecule has 0 unspecified atom stereocenters. The standard InChI is InChI=1S/C23H21ClN2O3S/c1-28-22-13-18(7-12-21(22)29-15-17-5-3-2-4-6-17)14-25-26-23(27)16-30-20-10-8-19(24)9-11-20/h2-14H,15-16H2,1H3,(H,26,27). The van der Waals surface area contributed by atoms with E-state index in [-0.39, 0.29) is 11.7 Å². The van der Waals surface area contributed by atoms with E-state index in [9.17, 15) is 4.79 Å². The monoisotopic (exact) mass is 440 g/mol. The summed E-state index contributed by atoms with van der Waals surface area (Å²) in [5.41, 5.74) is 4.38. The highest BCUT2D eigenvalue weighted by Gasteiger charge is 2.06. The van der Waals surface area contributed by atoms with E-state index in [0.29, 0.717) is 23.1 Å². The lowest BCUT2D eigenvalue weighted by Gasteiger charge is -2.11. The zero-order chi connectivity index (χ0) is 21.2. The molecule has 3 rings (SSSR count). The van der Waals surface area contributed by atoms with Crippen LogP contribution in [0.3, 0.4) is 0 Å². The number of methoxy groups -OCH3 is 1. The molecule has 0 aliphatic heterocycles. The first-order valence-corrected chi connectivity index (χ1v) is 10.6. The van der Waals surface area contributed by atoms with Crippen LogP contribution in [0.25, 0.3) is 0 Å². The van der Waals surface area contributed by atoms with Crippen molar-refractivity contribution >= 4 is 35.5 Å². The van der Waals surface area contributed by atoms with Gasteiger partial charge in [0.25, 0.3) is 0 Å². The van der Waals surface area contributed by atoms with Gasteiger partial charge in [-0.25, -0.2) is 5.43 Å². The summed E-state index contributed by atoms with van der Waals surface area (Å²) < 4.78 is 11.3. The molecule has 0 bridgehead atoms. The molecule has 0 aliphatic carbocycles. The lowest BCUT2D eigenvalue weighted by atomic mass is 10.2. The number of hydrogen-bond acceptors (Lipinski definition) is 5. The van der Waals surface area contributed by atoms with Crippen LogP contribution >= 0.6 is 23.4 Å². The molecule has 7 heteroatoms. The number of carbonyl (C=O) groups is 1. The Hall–Kier alpha value is -2.96. The number of amides is 1.